The molecular formula is C27H18N6. The topological polar surface area (TPSA) is 86.0 Å². The number of para-hydroxylation sites is 2. The molecule has 156 valence electrons. The highest BCUT2D eigenvalue weighted by atomic mass is 14.9. The first-order valence-corrected chi connectivity index (χ1v) is 10.8. The maximum absolute atomic E-state index is 4.81. The van der Waals surface area contributed by atoms with E-state index in [1.807, 2.05) is 66.8 Å². The third kappa shape index (κ3) is 3.25. The van der Waals surface area contributed by atoms with Crippen molar-refractivity contribution in [2.75, 3.05) is 0 Å². The Balaban J connectivity index is 1.53. The zero-order valence-corrected chi connectivity index (χ0v) is 17.5. The van der Waals surface area contributed by atoms with E-state index in [1.165, 1.54) is 0 Å². The molecule has 7 rings (SSSR count). The molecule has 5 aromatic rings. The smallest absolute Gasteiger partial charge is 0.140 e. The number of aromatic amines is 3. The zero-order valence-electron chi connectivity index (χ0n) is 17.5. The molecule has 33 heavy (non-hydrogen) atoms. The summed E-state index contributed by atoms with van der Waals surface area (Å²) in [4.78, 5) is 24.7. The van der Waals surface area contributed by atoms with Gasteiger partial charge in [-0.05, 0) is 78.9 Å². The molecule has 0 spiro atoms. The third-order valence-corrected chi connectivity index (χ3v) is 5.81. The minimum absolute atomic E-state index is 0.817. The highest BCUT2D eigenvalue weighted by Gasteiger charge is 2.11. The Morgan fingerprint density at radius 3 is 1.82 bits per heavy atom. The quantitative estimate of drug-likeness (QED) is 0.292. The second-order valence-corrected chi connectivity index (χ2v) is 8.19. The number of aromatic nitrogens is 6. The van der Waals surface area contributed by atoms with Gasteiger partial charge in [0.05, 0.1) is 39.3 Å². The van der Waals surface area contributed by atoms with Crippen molar-refractivity contribution in [2.45, 2.75) is 0 Å². The van der Waals surface area contributed by atoms with Crippen molar-refractivity contribution in [2.24, 2.45) is 0 Å². The van der Waals surface area contributed by atoms with Crippen LogP contribution in [0, 0.1) is 0 Å². The van der Waals surface area contributed by atoms with Gasteiger partial charge in [-0.3, -0.25) is 0 Å². The van der Waals surface area contributed by atoms with Crippen LogP contribution in [-0.2, 0) is 0 Å². The number of nitrogens with one attached hydrogen (secondary N) is 3. The number of hydrogen-bond donors (Lipinski definition) is 3. The van der Waals surface area contributed by atoms with E-state index in [4.69, 9.17) is 15.0 Å². The Morgan fingerprint density at radius 1 is 0.485 bits per heavy atom. The Hall–Kier alpha value is -4.71. The van der Waals surface area contributed by atoms with Gasteiger partial charge in [0.25, 0.3) is 0 Å². The third-order valence-electron chi connectivity index (χ3n) is 5.81. The summed E-state index contributed by atoms with van der Waals surface area (Å²) in [5, 5.41) is 0. The molecule has 0 radical (unpaired) electrons. The lowest BCUT2D eigenvalue weighted by molar-refractivity contribution is 1.31. The largest absolute Gasteiger partial charge is 0.355 e. The Kier molecular flexibility index (Phi) is 3.75. The van der Waals surface area contributed by atoms with Gasteiger partial charge in [0.15, 0.2) is 0 Å². The fourth-order valence-electron chi connectivity index (χ4n) is 4.29. The van der Waals surface area contributed by atoms with Crippen LogP contribution in [0.3, 0.4) is 0 Å². The molecule has 0 unspecified atom stereocenters. The second kappa shape index (κ2) is 6.90. The molecule has 6 heteroatoms. The number of nitrogens with zero attached hydrogens (tertiary/aromatic N) is 3. The lowest BCUT2D eigenvalue weighted by Crippen LogP contribution is -1.79. The highest BCUT2D eigenvalue weighted by molar-refractivity contribution is 5.89. The van der Waals surface area contributed by atoms with Crippen LogP contribution in [0.15, 0.2) is 66.7 Å². The summed E-state index contributed by atoms with van der Waals surface area (Å²) >= 11 is 0. The zero-order chi connectivity index (χ0) is 21.8. The van der Waals surface area contributed by atoms with Crippen LogP contribution in [0.5, 0.6) is 0 Å². The Morgan fingerprint density at radius 2 is 1.12 bits per heavy atom. The number of hydrogen-bond acceptors (Lipinski definition) is 3. The van der Waals surface area contributed by atoms with Crippen LogP contribution in [0.25, 0.3) is 68.8 Å². The minimum atomic E-state index is 0.817. The molecule has 0 amide bonds. The van der Waals surface area contributed by atoms with Crippen LogP contribution in [-0.4, -0.2) is 29.9 Å². The number of H-pyrrole nitrogens is 3. The van der Waals surface area contributed by atoms with Gasteiger partial charge >= 0.3 is 0 Å². The molecule has 1 aromatic carbocycles. The summed E-state index contributed by atoms with van der Waals surface area (Å²) in [5.74, 6) is 0.817. The summed E-state index contributed by atoms with van der Waals surface area (Å²) in [6.07, 6.45) is 8.09. The van der Waals surface area contributed by atoms with E-state index >= 15 is 0 Å². The summed E-state index contributed by atoms with van der Waals surface area (Å²) in [6, 6.07) is 22.4. The summed E-state index contributed by atoms with van der Waals surface area (Å²) in [5.41, 5.74) is 10.4. The normalized spacial score (nSPS) is 12.6. The first-order valence-electron chi connectivity index (χ1n) is 10.8. The van der Waals surface area contributed by atoms with Crippen molar-refractivity contribution in [3.05, 3.63) is 89.5 Å². The van der Waals surface area contributed by atoms with E-state index < -0.39 is 0 Å². The van der Waals surface area contributed by atoms with E-state index in [1.54, 1.807) is 0 Å². The van der Waals surface area contributed by atoms with Crippen molar-refractivity contribution in [3.8, 4) is 11.4 Å². The van der Waals surface area contributed by atoms with Crippen molar-refractivity contribution < 1.29 is 0 Å². The van der Waals surface area contributed by atoms with Crippen molar-refractivity contribution in [1.82, 2.24) is 29.9 Å². The highest BCUT2D eigenvalue weighted by Crippen LogP contribution is 2.27. The summed E-state index contributed by atoms with van der Waals surface area (Å²) in [7, 11) is 0. The van der Waals surface area contributed by atoms with E-state index in [2.05, 4.69) is 39.2 Å². The molecule has 0 saturated carbocycles. The van der Waals surface area contributed by atoms with Crippen LogP contribution < -0.4 is 0 Å². The molecular weight excluding hydrogens is 408 g/mol. The van der Waals surface area contributed by atoms with Gasteiger partial charge in [-0.2, -0.15) is 0 Å². The Bertz CT molecular complexity index is 1740. The summed E-state index contributed by atoms with van der Waals surface area (Å²) < 4.78 is 0. The monoisotopic (exact) mass is 426 g/mol. The molecule has 0 atom stereocenters. The molecule has 6 heterocycles. The van der Waals surface area contributed by atoms with Crippen molar-refractivity contribution in [3.63, 3.8) is 0 Å². The van der Waals surface area contributed by atoms with E-state index in [0.29, 0.717) is 0 Å². The van der Waals surface area contributed by atoms with E-state index in [9.17, 15) is 0 Å². The van der Waals surface area contributed by atoms with E-state index in [-0.39, 0.29) is 0 Å². The van der Waals surface area contributed by atoms with Gasteiger partial charge in [0, 0.05) is 22.1 Å². The SMILES string of the molecule is C1=Cc2cc3cc(-c4nc5ccccc5[nH]4)c(cc4nc(cc5ccc(cc1n2)[nH]5)C=C4)[nH]3. The van der Waals surface area contributed by atoms with Crippen LogP contribution >= 0.6 is 0 Å². The molecule has 2 aliphatic heterocycles. The van der Waals surface area contributed by atoms with Gasteiger partial charge in [-0.15, -0.1) is 0 Å². The predicted molar refractivity (Wildman–Crippen MR) is 134 cm³/mol. The lowest BCUT2D eigenvalue weighted by atomic mass is 10.2. The van der Waals surface area contributed by atoms with Crippen LogP contribution in [0.2, 0.25) is 0 Å². The average Bonchev–Trinajstić information content (AvgIpc) is 3.61. The number of benzene rings is 1. The predicted octanol–water partition coefficient (Wildman–Crippen LogP) is 6.20. The van der Waals surface area contributed by atoms with Crippen LogP contribution in [0.1, 0.15) is 22.8 Å². The number of fused-ring (bicyclic) bond motifs is 9. The minimum Gasteiger partial charge on any atom is -0.355 e. The average molecular weight is 426 g/mol. The van der Waals surface area contributed by atoms with Gasteiger partial charge < -0.3 is 15.0 Å². The molecule has 3 N–H and O–H groups in total. The molecule has 0 aliphatic carbocycles. The van der Waals surface area contributed by atoms with Crippen LogP contribution in [0.4, 0.5) is 0 Å². The van der Waals surface area contributed by atoms with Gasteiger partial charge in [-0.25, -0.2) is 15.0 Å². The van der Waals surface area contributed by atoms with E-state index in [0.717, 1.165) is 67.3 Å². The molecule has 0 saturated heterocycles. The lowest BCUT2D eigenvalue weighted by Gasteiger charge is -1.92. The molecule has 4 aromatic heterocycles. The fourth-order valence-corrected chi connectivity index (χ4v) is 4.29. The number of rotatable bonds is 1. The van der Waals surface area contributed by atoms with Crippen molar-refractivity contribution >= 4 is 57.4 Å². The van der Waals surface area contributed by atoms with Gasteiger partial charge in [0.2, 0.25) is 0 Å². The first kappa shape index (κ1) is 17.9. The maximum atomic E-state index is 4.81. The Labute approximate surface area is 188 Å². The standard InChI is InChI=1S/C27H18N6/c1-2-4-25-24(3-1)32-27(33-25)23-14-22-13-20-8-7-18(29-20)11-16-5-6-17(28-16)12-19-9-10-21(30-19)15-26(23)31-22/h1-15,28,31H,(H,32,33). The first-order chi connectivity index (χ1) is 16.2. The second-order valence-electron chi connectivity index (χ2n) is 8.19. The van der Waals surface area contributed by atoms with Gasteiger partial charge in [0.1, 0.15) is 5.82 Å². The van der Waals surface area contributed by atoms with Gasteiger partial charge in [-0.1, -0.05) is 12.1 Å². The molecule has 6 nitrogen and oxygen atoms in total. The fraction of sp³-hybridized carbons (Fsp3) is 0. The number of imidazole rings is 1. The van der Waals surface area contributed by atoms with Crippen molar-refractivity contribution in [1.29, 1.82) is 0 Å². The summed E-state index contributed by atoms with van der Waals surface area (Å²) in [6.45, 7) is 0. The molecule has 8 bridgehead atoms. The maximum Gasteiger partial charge on any atom is 0.140 e. The molecule has 0 fully saturated rings. The molecule has 2 aliphatic rings.